The van der Waals surface area contributed by atoms with Gasteiger partial charge in [0.1, 0.15) is 0 Å². The predicted molar refractivity (Wildman–Crippen MR) is 63.9 cm³/mol. The lowest BCUT2D eigenvalue weighted by molar-refractivity contribution is -0.123. The van der Waals surface area contributed by atoms with Crippen LogP contribution in [0.15, 0.2) is 0 Å². The van der Waals surface area contributed by atoms with Crippen LogP contribution in [0.25, 0.3) is 0 Å². The van der Waals surface area contributed by atoms with Crippen molar-refractivity contribution < 1.29 is 9.90 Å². The molecule has 0 bridgehead atoms. The summed E-state index contributed by atoms with van der Waals surface area (Å²) in [5, 5.41) is 9.49. The third kappa shape index (κ3) is 3.76. The van der Waals surface area contributed by atoms with Crippen molar-refractivity contribution in [2.45, 2.75) is 64.1 Å². The molecule has 0 aromatic rings. The van der Waals surface area contributed by atoms with Crippen molar-refractivity contribution in [2.75, 3.05) is 6.54 Å². The number of rotatable bonds is 4. The molecule has 0 saturated carbocycles. The second kappa shape index (κ2) is 6.21. The van der Waals surface area contributed by atoms with E-state index in [1.807, 2.05) is 6.92 Å². The zero-order chi connectivity index (χ0) is 12.1. The molecule has 0 aromatic carbocycles. The molecular formula is C12H24N2O2. The Morgan fingerprint density at radius 3 is 2.69 bits per heavy atom. The van der Waals surface area contributed by atoms with E-state index >= 15 is 0 Å². The summed E-state index contributed by atoms with van der Waals surface area (Å²) in [4.78, 5) is 13.4. The van der Waals surface area contributed by atoms with Crippen LogP contribution in [-0.2, 0) is 4.79 Å². The van der Waals surface area contributed by atoms with E-state index in [0.717, 1.165) is 25.8 Å². The molecule has 0 spiro atoms. The zero-order valence-electron chi connectivity index (χ0n) is 10.4. The van der Waals surface area contributed by atoms with Gasteiger partial charge in [-0.25, -0.2) is 0 Å². The molecule has 4 nitrogen and oxygen atoms in total. The molecule has 3 atom stereocenters. The van der Waals surface area contributed by atoms with Crippen LogP contribution in [0.5, 0.6) is 0 Å². The van der Waals surface area contributed by atoms with Crippen LogP contribution in [0.1, 0.15) is 46.0 Å². The second-order valence-electron chi connectivity index (χ2n) is 4.90. The summed E-state index contributed by atoms with van der Waals surface area (Å²) in [5.41, 5.74) is 5.37. The molecular weight excluding hydrogens is 204 g/mol. The fourth-order valence-corrected chi connectivity index (χ4v) is 2.52. The van der Waals surface area contributed by atoms with Crippen LogP contribution >= 0.6 is 0 Å². The highest BCUT2D eigenvalue weighted by Crippen LogP contribution is 2.22. The Morgan fingerprint density at radius 1 is 1.44 bits per heavy atom. The van der Waals surface area contributed by atoms with Gasteiger partial charge in [-0.1, -0.05) is 12.8 Å². The molecule has 3 N–H and O–H groups in total. The monoisotopic (exact) mass is 228 g/mol. The van der Waals surface area contributed by atoms with Crippen molar-refractivity contribution in [1.29, 1.82) is 0 Å². The maximum Gasteiger partial charge on any atom is 0.234 e. The van der Waals surface area contributed by atoms with Gasteiger partial charge in [-0.15, -0.1) is 0 Å². The van der Waals surface area contributed by atoms with Crippen molar-refractivity contribution in [3.05, 3.63) is 0 Å². The lowest BCUT2D eigenvalue weighted by Gasteiger charge is -2.34. The first-order valence-corrected chi connectivity index (χ1v) is 6.25. The van der Waals surface area contributed by atoms with Crippen LogP contribution in [0.3, 0.4) is 0 Å². The molecule has 0 aliphatic carbocycles. The van der Waals surface area contributed by atoms with Crippen molar-refractivity contribution in [1.82, 2.24) is 4.90 Å². The first kappa shape index (κ1) is 13.5. The summed E-state index contributed by atoms with van der Waals surface area (Å²) in [6.07, 6.45) is 4.98. The maximum absolute atomic E-state index is 11.3. The number of aliphatic hydroxyl groups is 1. The third-order valence-corrected chi connectivity index (χ3v) is 3.45. The van der Waals surface area contributed by atoms with Gasteiger partial charge in [0.15, 0.2) is 0 Å². The number of primary amides is 1. The molecule has 16 heavy (non-hydrogen) atoms. The highest BCUT2D eigenvalue weighted by atomic mass is 16.3. The number of likely N-dealkylation sites (tertiary alicyclic amines) is 1. The Bertz CT molecular complexity index is 231. The Morgan fingerprint density at radius 2 is 2.12 bits per heavy atom. The predicted octanol–water partition coefficient (Wildman–Crippen LogP) is 0.876. The first-order valence-electron chi connectivity index (χ1n) is 6.25. The fourth-order valence-electron chi connectivity index (χ4n) is 2.52. The molecule has 1 amide bonds. The third-order valence-electron chi connectivity index (χ3n) is 3.45. The molecule has 1 rings (SSSR count). The Balaban J connectivity index is 2.68. The summed E-state index contributed by atoms with van der Waals surface area (Å²) in [5.74, 6) is -0.266. The van der Waals surface area contributed by atoms with Crippen molar-refractivity contribution in [3.8, 4) is 0 Å². The van der Waals surface area contributed by atoms with Gasteiger partial charge in [-0.3, -0.25) is 9.69 Å². The maximum atomic E-state index is 11.3. The van der Waals surface area contributed by atoms with Crippen molar-refractivity contribution >= 4 is 5.91 Å². The van der Waals surface area contributed by atoms with Gasteiger partial charge in [-0.05, 0) is 39.7 Å². The number of carbonyl (C=O) groups is 1. The molecule has 0 radical (unpaired) electrons. The molecule has 94 valence electrons. The average molecular weight is 228 g/mol. The minimum Gasteiger partial charge on any atom is -0.393 e. The minimum absolute atomic E-state index is 0.221. The van der Waals surface area contributed by atoms with Gasteiger partial charge in [0.25, 0.3) is 0 Å². The van der Waals surface area contributed by atoms with E-state index in [1.165, 1.54) is 12.8 Å². The molecule has 1 saturated heterocycles. The van der Waals surface area contributed by atoms with E-state index in [4.69, 9.17) is 5.73 Å². The highest BCUT2D eigenvalue weighted by Gasteiger charge is 2.28. The number of carbonyl (C=O) groups excluding carboxylic acids is 1. The Kier molecular flexibility index (Phi) is 5.22. The smallest absolute Gasteiger partial charge is 0.234 e. The van der Waals surface area contributed by atoms with E-state index in [-0.39, 0.29) is 18.1 Å². The number of aliphatic hydroxyl groups excluding tert-OH is 1. The van der Waals surface area contributed by atoms with Gasteiger partial charge in [0.2, 0.25) is 5.91 Å². The second-order valence-corrected chi connectivity index (χ2v) is 4.90. The lowest BCUT2D eigenvalue weighted by Crippen LogP contribution is -2.48. The number of nitrogens with zero attached hydrogens (tertiary/aromatic N) is 1. The number of nitrogens with two attached hydrogens (primary N) is 1. The van der Waals surface area contributed by atoms with E-state index in [1.54, 1.807) is 6.92 Å². The molecule has 1 fully saturated rings. The van der Waals surface area contributed by atoms with Crippen molar-refractivity contribution in [3.63, 3.8) is 0 Å². The fraction of sp³-hybridized carbons (Fsp3) is 0.917. The molecule has 1 aliphatic heterocycles. The van der Waals surface area contributed by atoms with Gasteiger partial charge in [0.05, 0.1) is 12.1 Å². The SMILES string of the molecule is CC(O)CC1CCCCCN1C(C)C(N)=O. The summed E-state index contributed by atoms with van der Waals surface area (Å²) >= 11 is 0. The average Bonchev–Trinajstić information content (AvgIpc) is 2.41. The highest BCUT2D eigenvalue weighted by molar-refractivity contribution is 5.79. The van der Waals surface area contributed by atoms with E-state index in [0.29, 0.717) is 6.04 Å². The summed E-state index contributed by atoms with van der Waals surface area (Å²) in [6, 6.07) is 0.0758. The number of amides is 1. The van der Waals surface area contributed by atoms with Crippen LogP contribution in [0, 0.1) is 0 Å². The van der Waals surface area contributed by atoms with Gasteiger partial charge in [0, 0.05) is 6.04 Å². The molecule has 0 aromatic heterocycles. The molecule has 3 unspecified atom stereocenters. The van der Waals surface area contributed by atoms with Gasteiger partial charge < -0.3 is 10.8 Å². The summed E-state index contributed by atoms with van der Waals surface area (Å²) in [7, 11) is 0. The quantitative estimate of drug-likeness (QED) is 0.750. The summed E-state index contributed by atoms with van der Waals surface area (Å²) in [6.45, 7) is 4.59. The molecule has 1 aliphatic rings. The standard InChI is InChI=1S/C12H24N2O2/c1-9(15)8-11-6-4-3-5-7-14(11)10(2)12(13)16/h9-11,15H,3-8H2,1-2H3,(H2,13,16). The van der Waals surface area contributed by atoms with Crippen LogP contribution in [-0.4, -0.2) is 40.6 Å². The molecule has 4 heteroatoms. The minimum atomic E-state index is -0.314. The van der Waals surface area contributed by atoms with E-state index in [9.17, 15) is 9.90 Å². The molecule has 1 heterocycles. The Hall–Kier alpha value is -0.610. The van der Waals surface area contributed by atoms with E-state index < -0.39 is 0 Å². The van der Waals surface area contributed by atoms with Gasteiger partial charge >= 0.3 is 0 Å². The first-order chi connectivity index (χ1) is 7.52. The van der Waals surface area contributed by atoms with Gasteiger partial charge in [-0.2, -0.15) is 0 Å². The topological polar surface area (TPSA) is 66.6 Å². The normalized spacial score (nSPS) is 27.1. The zero-order valence-corrected chi connectivity index (χ0v) is 10.4. The Labute approximate surface area is 97.8 Å². The lowest BCUT2D eigenvalue weighted by atomic mass is 10.0. The summed E-state index contributed by atoms with van der Waals surface area (Å²) < 4.78 is 0. The van der Waals surface area contributed by atoms with E-state index in [2.05, 4.69) is 4.90 Å². The van der Waals surface area contributed by atoms with Crippen LogP contribution in [0.2, 0.25) is 0 Å². The largest absolute Gasteiger partial charge is 0.393 e. The van der Waals surface area contributed by atoms with Crippen LogP contribution < -0.4 is 5.73 Å². The van der Waals surface area contributed by atoms with Crippen molar-refractivity contribution in [2.24, 2.45) is 5.73 Å². The number of hydrogen-bond acceptors (Lipinski definition) is 3. The van der Waals surface area contributed by atoms with Crippen LogP contribution in [0.4, 0.5) is 0 Å². The number of hydrogen-bond donors (Lipinski definition) is 2.